The van der Waals surface area contributed by atoms with Gasteiger partial charge in [0.15, 0.2) is 0 Å². The molecule has 0 N–H and O–H groups in total. The molecule has 0 spiro atoms. The van der Waals surface area contributed by atoms with Gasteiger partial charge in [-0.1, -0.05) is 182 Å². The lowest BCUT2D eigenvalue weighted by atomic mass is 9.86. The third-order valence-corrected chi connectivity index (χ3v) is 14.2. The normalized spacial score (nSPS) is 13.5. The summed E-state index contributed by atoms with van der Waals surface area (Å²) in [6.45, 7) is 0. The first-order chi connectivity index (χ1) is 31.7. The molecule has 14 rings (SSSR count). The Kier molecular flexibility index (Phi) is 7.52. The van der Waals surface area contributed by atoms with Gasteiger partial charge < -0.3 is 4.57 Å². The molecule has 0 amide bonds. The van der Waals surface area contributed by atoms with Crippen LogP contribution in [0.15, 0.2) is 231 Å². The summed E-state index contributed by atoms with van der Waals surface area (Å²) in [6, 6.07) is 86.1. The van der Waals surface area contributed by atoms with E-state index in [4.69, 9.17) is 0 Å². The van der Waals surface area contributed by atoms with Crippen LogP contribution < -0.4 is 0 Å². The summed E-state index contributed by atoms with van der Waals surface area (Å²) in [4.78, 5) is 0. The Morgan fingerprint density at radius 3 is 1.78 bits per heavy atom. The summed E-state index contributed by atoms with van der Waals surface area (Å²) >= 11 is 0. The lowest BCUT2D eigenvalue weighted by Crippen LogP contribution is -1.99. The van der Waals surface area contributed by atoms with Crippen molar-refractivity contribution in [2.24, 2.45) is 0 Å². The average Bonchev–Trinajstić information content (AvgIpc) is 4.00. The number of hydrogen-bond acceptors (Lipinski definition) is 0. The summed E-state index contributed by atoms with van der Waals surface area (Å²) in [7, 11) is 0. The van der Waals surface area contributed by atoms with Gasteiger partial charge in [-0.05, 0) is 154 Å². The largest absolute Gasteiger partial charge is 0.309 e. The van der Waals surface area contributed by atoms with E-state index in [0.717, 1.165) is 5.69 Å². The predicted molar refractivity (Wildman–Crippen MR) is 269 cm³/mol. The maximum absolute atomic E-state index is 2.47. The molecule has 12 aromatic rings. The Bertz CT molecular complexity index is 3890. The van der Waals surface area contributed by atoms with Crippen molar-refractivity contribution in [2.75, 3.05) is 0 Å². The van der Waals surface area contributed by atoms with Crippen LogP contribution >= 0.6 is 0 Å². The molecule has 296 valence electrons. The van der Waals surface area contributed by atoms with E-state index in [1.807, 2.05) is 0 Å². The first-order valence-corrected chi connectivity index (χ1v) is 22.4. The minimum absolute atomic E-state index is 0.173. The molecular formula is C63H39N. The van der Waals surface area contributed by atoms with Gasteiger partial charge in [-0.3, -0.25) is 0 Å². The number of nitrogens with zero attached hydrogens (tertiary/aromatic N) is 1. The Morgan fingerprint density at radius 2 is 0.906 bits per heavy atom. The fourth-order valence-electron chi connectivity index (χ4n) is 11.4. The number of para-hydroxylation sites is 2. The third-order valence-electron chi connectivity index (χ3n) is 14.2. The molecule has 1 aromatic heterocycles. The first kappa shape index (κ1) is 35.3. The summed E-state index contributed by atoms with van der Waals surface area (Å²) in [5, 5.41) is 7.73. The topological polar surface area (TPSA) is 4.93 Å². The highest BCUT2D eigenvalue weighted by Gasteiger charge is 2.30. The zero-order valence-corrected chi connectivity index (χ0v) is 35.0. The quantitative estimate of drug-likeness (QED) is 0.163. The Balaban J connectivity index is 1.01. The van der Waals surface area contributed by atoms with Gasteiger partial charge in [0.05, 0.1) is 11.0 Å². The third kappa shape index (κ3) is 5.13. The maximum atomic E-state index is 2.47. The van der Waals surface area contributed by atoms with Crippen LogP contribution in [0.4, 0.5) is 0 Å². The smallest absolute Gasteiger partial charge is 0.0547 e. The van der Waals surface area contributed by atoms with Crippen LogP contribution in [-0.4, -0.2) is 4.57 Å². The van der Waals surface area contributed by atoms with Crippen molar-refractivity contribution < 1.29 is 0 Å². The van der Waals surface area contributed by atoms with Crippen molar-refractivity contribution in [1.82, 2.24) is 4.57 Å². The molecule has 2 aliphatic rings. The molecule has 0 fully saturated rings. The Labute approximate surface area is 371 Å². The highest BCUT2D eigenvalue weighted by molar-refractivity contribution is 6.23. The second-order valence-electron chi connectivity index (χ2n) is 17.6. The van der Waals surface area contributed by atoms with Crippen LogP contribution in [0, 0.1) is 0 Å². The fraction of sp³-hybridized carbons (Fsp3) is 0.0159. The van der Waals surface area contributed by atoms with E-state index in [1.165, 1.54) is 127 Å². The van der Waals surface area contributed by atoms with E-state index in [1.54, 1.807) is 0 Å². The first-order valence-electron chi connectivity index (χ1n) is 22.4. The van der Waals surface area contributed by atoms with Crippen LogP contribution in [0.5, 0.6) is 0 Å². The molecule has 0 radical (unpaired) electrons. The SMILES string of the molecule is c1ccc(C2c3ccccc3-c3ccc(-c4cc(-c5ccc6c7ccccc7n(-c7ccccc7)c6c5)cc(-c5ccc6c7c(cccc57)-c5ccc7ccccc7c5-6)c4)cc32)cc1. The molecule has 0 saturated heterocycles. The molecule has 1 heteroatoms. The molecule has 1 heterocycles. The zero-order valence-electron chi connectivity index (χ0n) is 35.0. The van der Waals surface area contributed by atoms with Crippen LogP contribution in [0.3, 0.4) is 0 Å². The summed E-state index contributed by atoms with van der Waals surface area (Å²) in [6.07, 6.45) is 0. The van der Waals surface area contributed by atoms with Crippen molar-refractivity contribution in [3.05, 3.63) is 247 Å². The van der Waals surface area contributed by atoms with Crippen LogP contribution in [0.2, 0.25) is 0 Å². The van der Waals surface area contributed by atoms with Gasteiger partial charge in [0, 0.05) is 22.4 Å². The molecule has 1 atom stereocenters. The average molecular weight is 810 g/mol. The number of fused-ring (bicyclic) bond motifs is 11. The molecule has 2 aliphatic carbocycles. The second kappa shape index (κ2) is 13.6. The number of rotatable bonds is 5. The summed E-state index contributed by atoms with van der Waals surface area (Å²) in [5.74, 6) is 0.173. The van der Waals surface area contributed by atoms with Gasteiger partial charge in [-0.2, -0.15) is 0 Å². The number of hydrogen-bond donors (Lipinski definition) is 0. The van der Waals surface area contributed by atoms with E-state index >= 15 is 0 Å². The van der Waals surface area contributed by atoms with Crippen molar-refractivity contribution in [2.45, 2.75) is 5.92 Å². The van der Waals surface area contributed by atoms with Gasteiger partial charge >= 0.3 is 0 Å². The lowest BCUT2D eigenvalue weighted by Gasteiger charge is -2.17. The van der Waals surface area contributed by atoms with Gasteiger partial charge in [-0.25, -0.2) is 0 Å². The molecular weight excluding hydrogens is 771 g/mol. The summed E-state index contributed by atoms with van der Waals surface area (Å²) < 4.78 is 2.42. The van der Waals surface area contributed by atoms with E-state index in [9.17, 15) is 0 Å². The van der Waals surface area contributed by atoms with Crippen molar-refractivity contribution in [1.29, 1.82) is 0 Å². The van der Waals surface area contributed by atoms with E-state index in [0.29, 0.717) is 0 Å². The van der Waals surface area contributed by atoms with Crippen LogP contribution in [0.25, 0.3) is 116 Å². The lowest BCUT2D eigenvalue weighted by molar-refractivity contribution is 1.02. The van der Waals surface area contributed by atoms with Gasteiger partial charge in [0.1, 0.15) is 0 Å². The molecule has 0 aliphatic heterocycles. The van der Waals surface area contributed by atoms with Gasteiger partial charge in [0.2, 0.25) is 0 Å². The van der Waals surface area contributed by atoms with E-state index in [-0.39, 0.29) is 5.92 Å². The molecule has 0 bridgehead atoms. The molecule has 0 saturated carbocycles. The van der Waals surface area contributed by atoms with Gasteiger partial charge in [-0.15, -0.1) is 0 Å². The van der Waals surface area contributed by atoms with Crippen LogP contribution in [-0.2, 0) is 0 Å². The molecule has 1 unspecified atom stereocenters. The molecule has 11 aromatic carbocycles. The van der Waals surface area contributed by atoms with Crippen molar-refractivity contribution in [3.63, 3.8) is 0 Å². The van der Waals surface area contributed by atoms with Gasteiger partial charge in [0.25, 0.3) is 0 Å². The Morgan fingerprint density at radius 1 is 0.297 bits per heavy atom. The highest BCUT2D eigenvalue weighted by atomic mass is 15.0. The number of benzene rings is 11. The summed E-state index contributed by atoms with van der Waals surface area (Å²) in [5.41, 5.74) is 22.9. The molecule has 64 heavy (non-hydrogen) atoms. The maximum Gasteiger partial charge on any atom is 0.0547 e. The molecule has 1 nitrogen and oxygen atoms in total. The number of aromatic nitrogens is 1. The zero-order chi connectivity index (χ0) is 41.9. The predicted octanol–water partition coefficient (Wildman–Crippen LogP) is 16.9. The minimum Gasteiger partial charge on any atom is -0.309 e. The van der Waals surface area contributed by atoms with Crippen molar-refractivity contribution >= 4 is 43.4 Å². The monoisotopic (exact) mass is 809 g/mol. The fourth-order valence-corrected chi connectivity index (χ4v) is 11.4. The Hall–Kier alpha value is -8.26. The highest BCUT2D eigenvalue weighted by Crippen LogP contribution is 2.53. The van der Waals surface area contributed by atoms with E-state index < -0.39 is 0 Å². The van der Waals surface area contributed by atoms with Crippen LogP contribution in [0.1, 0.15) is 22.6 Å². The minimum atomic E-state index is 0.173. The second-order valence-corrected chi connectivity index (χ2v) is 17.6. The standard InChI is InChI=1S/C63H39N/c1-3-15-40(16-4-1)61-54-22-10-9-20-49(54)50-29-27-41(37-58(50)61)43-34-44(42-28-30-52-51-21-11-12-25-59(51)64(60(52)38-42)46-17-5-2-6-18-46)36-45(35-43)47-32-33-57-62-48-19-8-7-14-39(48)26-31-56(62)55-24-13-23-53(47)63(55)57/h1-38,61H. The van der Waals surface area contributed by atoms with Crippen molar-refractivity contribution in [3.8, 4) is 72.4 Å². The van der Waals surface area contributed by atoms with E-state index in [2.05, 4.69) is 235 Å².